The minimum atomic E-state index is 0.545. The van der Waals surface area contributed by atoms with Crippen molar-refractivity contribution in [3.63, 3.8) is 0 Å². The van der Waals surface area contributed by atoms with Crippen molar-refractivity contribution in [3.8, 4) is 0 Å². The molecule has 3 nitrogen and oxygen atoms in total. The largest absolute Gasteiger partial charge is 0.370 e. The molecule has 76 valence electrons. The van der Waals surface area contributed by atoms with E-state index in [1.54, 1.807) is 18.6 Å². The number of rotatable bonds is 4. The first-order chi connectivity index (χ1) is 7.45. The van der Waals surface area contributed by atoms with E-state index in [1.807, 2.05) is 30.3 Å². The van der Waals surface area contributed by atoms with Gasteiger partial charge in [0.2, 0.25) is 0 Å². The Morgan fingerprint density at radius 1 is 0.933 bits per heavy atom. The maximum atomic E-state index is 5.52. The molecule has 0 bridgehead atoms. The van der Waals surface area contributed by atoms with Gasteiger partial charge in [-0.25, -0.2) is 0 Å². The molecule has 2 aromatic heterocycles. The van der Waals surface area contributed by atoms with E-state index in [0.29, 0.717) is 13.2 Å². The van der Waals surface area contributed by atoms with Gasteiger partial charge in [-0.1, -0.05) is 6.07 Å². The lowest BCUT2D eigenvalue weighted by Gasteiger charge is -2.03. The maximum Gasteiger partial charge on any atom is 0.0892 e. The van der Waals surface area contributed by atoms with Crippen LogP contribution in [-0.2, 0) is 18.0 Å². The normalized spacial score (nSPS) is 10.1. The predicted octanol–water partition coefficient (Wildman–Crippen LogP) is 2.19. The van der Waals surface area contributed by atoms with Crippen LogP contribution in [-0.4, -0.2) is 9.97 Å². The molecule has 0 fully saturated rings. The second-order valence-electron chi connectivity index (χ2n) is 3.17. The molecule has 0 spiro atoms. The number of hydrogen-bond donors (Lipinski definition) is 0. The molecular weight excluding hydrogens is 188 g/mol. The van der Waals surface area contributed by atoms with E-state index in [4.69, 9.17) is 4.74 Å². The molecule has 0 aromatic carbocycles. The van der Waals surface area contributed by atoms with Crippen LogP contribution >= 0.6 is 0 Å². The van der Waals surface area contributed by atoms with Crippen molar-refractivity contribution in [2.75, 3.05) is 0 Å². The molecule has 2 rings (SSSR count). The lowest BCUT2D eigenvalue weighted by Crippen LogP contribution is -1.95. The number of hydrogen-bond acceptors (Lipinski definition) is 3. The van der Waals surface area contributed by atoms with Crippen LogP contribution in [0.15, 0.2) is 48.9 Å². The molecule has 0 unspecified atom stereocenters. The summed E-state index contributed by atoms with van der Waals surface area (Å²) >= 11 is 0. The summed E-state index contributed by atoms with van der Waals surface area (Å²) in [5.41, 5.74) is 2.08. The zero-order chi connectivity index (χ0) is 10.3. The Balaban J connectivity index is 1.81. The van der Waals surface area contributed by atoms with E-state index in [0.717, 1.165) is 11.3 Å². The van der Waals surface area contributed by atoms with E-state index >= 15 is 0 Å². The molecule has 3 heteroatoms. The third kappa shape index (κ3) is 3.14. The summed E-state index contributed by atoms with van der Waals surface area (Å²) in [6.45, 7) is 1.14. The zero-order valence-electron chi connectivity index (χ0n) is 8.34. The average molecular weight is 200 g/mol. The average Bonchev–Trinajstić information content (AvgIpc) is 2.32. The first-order valence-corrected chi connectivity index (χ1v) is 4.82. The Hall–Kier alpha value is -1.74. The molecule has 0 aliphatic carbocycles. The summed E-state index contributed by atoms with van der Waals surface area (Å²) in [6.07, 6.45) is 5.30. The monoisotopic (exact) mass is 200 g/mol. The van der Waals surface area contributed by atoms with Gasteiger partial charge in [0.15, 0.2) is 0 Å². The van der Waals surface area contributed by atoms with Crippen molar-refractivity contribution in [2.24, 2.45) is 0 Å². The SMILES string of the molecule is c1ccc(COCc2ccncc2)nc1. The van der Waals surface area contributed by atoms with Crippen LogP contribution < -0.4 is 0 Å². The Bertz CT molecular complexity index is 349. The highest BCUT2D eigenvalue weighted by Crippen LogP contribution is 2.02. The Kier molecular flexibility index (Phi) is 3.41. The topological polar surface area (TPSA) is 35.0 Å². The highest BCUT2D eigenvalue weighted by atomic mass is 16.5. The van der Waals surface area contributed by atoms with Crippen LogP contribution in [0.3, 0.4) is 0 Å². The third-order valence-corrected chi connectivity index (χ3v) is 1.99. The first kappa shape index (κ1) is 9.80. The van der Waals surface area contributed by atoms with Gasteiger partial charge in [-0.15, -0.1) is 0 Å². The summed E-state index contributed by atoms with van der Waals surface area (Å²) in [5.74, 6) is 0. The van der Waals surface area contributed by atoms with Gasteiger partial charge >= 0.3 is 0 Å². The van der Waals surface area contributed by atoms with Gasteiger partial charge < -0.3 is 4.74 Å². The van der Waals surface area contributed by atoms with E-state index in [9.17, 15) is 0 Å². The quantitative estimate of drug-likeness (QED) is 0.758. The molecule has 0 aliphatic rings. The van der Waals surface area contributed by atoms with Gasteiger partial charge in [-0.3, -0.25) is 9.97 Å². The summed E-state index contributed by atoms with van der Waals surface area (Å²) in [6, 6.07) is 9.69. The van der Waals surface area contributed by atoms with Crippen LogP contribution in [0.25, 0.3) is 0 Å². The van der Waals surface area contributed by atoms with Crippen LogP contribution in [0.1, 0.15) is 11.3 Å². The molecule has 0 saturated carbocycles. The molecule has 0 radical (unpaired) electrons. The summed E-state index contributed by atoms with van der Waals surface area (Å²) < 4.78 is 5.52. The number of pyridine rings is 2. The fourth-order valence-corrected chi connectivity index (χ4v) is 1.24. The van der Waals surface area contributed by atoms with Gasteiger partial charge in [-0.05, 0) is 29.8 Å². The summed E-state index contributed by atoms with van der Waals surface area (Å²) in [7, 11) is 0. The summed E-state index contributed by atoms with van der Waals surface area (Å²) in [4.78, 5) is 8.12. The molecule has 0 saturated heterocycles. The molecule has 2 heterocycles. The van der Waals surface area contributed by atoms with Crippen LogP contribution in [0.2, 0.25) is 0 Å². The first-order valence-electron chi connectivity index (χ1n) is 4.82. The lowest BCUT2D eigenvalue weighted by molar-refractivity contribution is 0.104. The van der Waals surface area contributed by atoms with Gasteiger partial charge in [0.05, 0.1) is 18.9 Å². The Morgan fingerprint density at radius 2 is 1.80 bits per heavy atom. The van der Waals surface area contributed by atoms with Crippen LogP contribution in [0.4, 0.5) is 0 Å². The predicted molar refractivity (Wildman–Crippen MR) is 57.0 cm³/mol. The number of ether oxygens (including phenoxy) is 1. The van der Waals surface area contributed by atoms with Crippen LogP contribution in [0.5, 0.6) is 0 Å². The van der Waals surface area contributed by atoms with Gasteiger partial charge in [-0.2, -0.15) is 0 Å². The zero-order valence-corrected chi connectivity index (χ0v) is 8.34. The van der Waals surface area contributed by atoms with Crippen molar-refractivity contribution in [2.45, 2.75) is 13.2 Å². The second kappa shape index (κ2) is 5.22. The lowest BCUT2D eigenvalue weighted by atomic mass is 10.3. The van der Waals surface area contributed by atoms with Crippen molar-refractivity contribution < 1.29 is 4.74 Å². The molecule has 0 atom stereocenters. The molecular formula is C12H12N2O. The molecule has 0 aliphatic heterocycles. The van der Waals surface area contributed by atoms with Gasteiger partial charge in [0, 0.05) is 18.6 Å². The van der Waals surface area contributed by atoms with E-state index < -0.39 is 0 Å². The molecule has 15 heavy (non-hydrogen) atoms. The second-order valence-corrected chi connectivity index (χ2v) is 3.17. The fraction of sp³-hybridized carbons (Fsp3) is 0.167. The van der Waals surface area contributed by atoms with Crippen LogP contribution in [0, 0.1) is 0 Å². The highest BCUT2D eigenvalue weighted by molar-refractivity contribution is 5.08. The van der Waals surface area contributed by atoms with E-state index in [2.05, 4.69) is 9.97 Å². The van der Waals surface area contributed by atoms with Gasteiger partial charge in [0.25, 0.3) is 0 Å². The van der Waals surface area contributed by atoms with Gasteiger partial charge in [0.1, 0.15) is 0 Å². The van der Waals surface area contributed by atoms with Crippen molar-refractivity contribution in [1.82, 2.24) is 9.97 Å². The minimum absolute atomic E-state index is 0.545. The summed E-state index contributed by atoms with van der Waals surface area (Å²) in [5, 5.41) is 0. The standard InChI is InChI=1S/C12H12N2O/c1-2-6-14-12(3-1)10-15-9-11-4-7-13-8-5-11/h1-8H,9-10H2. The Labute approximate surface area is 88.8 Å². The number of nitrogens with zero attached hydrogens (tertiary/aromatic N) is 2. The smallest absolute Gasteiger partial charge is 0.0892 e. The fourth-order valence-electron chi connectivity index (χ4n) is 1.24. The highest BCUT2D eigenvalue weighted by Gasteiger charge is 1.94. The Morgan fingerprint density at radius 3 is 2.53 bits per heavy atom. The molecule has 0 N–H and O–H groups in total. The van der Waals surface area contributed by atoms with Crippen molar-refractivity contribution >= 4 is 0 Å². The van der Waals surface area contributed by atoms with Crippen molar-refractivity contribution in [3.05, 3.63) is 60.2 Å². The maximum absolute atomic E-state index is 5.52. The van der Waals surface area contributed by atoms with Crippen molar-refractivity contribution in [1.29, 1.82) is 0 Å². The minimum Gasteiger partial charge on any atom is -0.370 e. The molecule has 2 aromatic rings. The third-order valence-electron chi connectivity index (χ3n) is 1.99. The number of aromatic nitrogens is 2. The molecule has 0 amide bonds. The van der Waals surface area contributed by atoms with E-state index in [1.165, 1.54) is 0 Å². The van der Waals surface area contributed by atoms with E-state index in [-0.39, 0.29) is 0 Å².